The molecule has 19 heavy (non-hydrogen) atoms. The minimum Gasteiger partial charge on any atom is -0.354 e. The Morgan fingerprint density at radius 1 is 0.895 bits per heavy atom. The van der Waals surface area contributed by atoms with Crippen molar-refractivity contribution in [2.24, 2.45) is 0 Å². The fraction of sp³-hybridized carbons (Fsp3) is 0. The molecule has 0 saturated carbocycles. The third kappa shape index (κ3) is 1.54. The van der Waals surface area contributed by atoms with Crippen LogP contribution in [0.3, 0.4) is 0 Å². The maximum absolute atomic E-state index is 6.35. The van der Waals surface area contributed by atoms with Gasteiger partial charge in [-0.15, -0.1) is 0 Å². The number of hydrogen-bond donors (Lipinski definition) is 1. The lowest BCUT2D eigenvalue weighted by Crippen LogP contribution is -1.77. The van der Waals surface area contributed by atoms with Gasteiger partial charge in [-0.3, -0.25) is 0 Å². The summed E-state index contributed by atoms with van der Waals surface area (Å²) in [5, 5.41) is 5.44. The summed E-state index contributed by atoms with van der Waals surface area (Å²) in [6, 6.07) is 16.5. The lowest BCUT2D eigenvalue weighted by atomic mass is 10.1. The average Bonchev–Trinajstić information content (AvgIpc) is 2.79. The van der Waals surface area contributed by atoms with Crippen molar-refractivity contribution in [1.29, 1.82) is 0 Å². The van der Waals surface area contributed by atoms with E-state index in [1.54, 1.807) is 0 Å². The van der Waals surface area contributed by atoms with Gasteiger partial charge >= 0.3 is 0 Å². The van der Waals surface area contributed by atoms with Gasteiger partial charge in [-0.2, -0.15) is 0 Å². The molecule has 1 heterocycles. The van der Waals surface area contributed by atoms with Gasteiger partial charge in [0.25, 0.3) is 0 Å². The van der Waals surface area contributed by atoms with Gasteiger partial charge in [0.05, 0.1) is 10.5 Å². The van der Waals surface area contributed by atoms with Crippen molar-refractivity contribution in [2.75, 3.05) is 0 Å². The molecule has 1 N–H and O–H groups in total. The van der Waals surface area contributed by atoms with Gasteiger partial charge in [0, 0.05) is 26.1 Å². The fourth-order valence-electron chi connectivity index (χ4n) is 2.70. The van der Waals surface area contributed by atoms with Gasteiger partial charge in [0.1, 0.15) is 0 Å². The monoisotopic (exact) mass is 329 g/mol. The summed E-state index contributed by atoms with van der Waals surface area (Å²) in [4.78, 5) is 3.48. The van der Waals surface area contributed by atoms with E-state index in [9.17, 15) is 0 Å². The second-order valence-electron chi connectivity index (χ2n) is 4.61. The first-order valence-electron chi connectivity index (χ1n) is 6.03. The summed E-state index contributed by atoms with van der Waals surface area (Å²) in [5.74, 6) is 0. The van der Waals surface area contributed by atoms with Crippen molar-refractivity contribution in [1.82, 2.24) is 4.98 Å². The smallest absolute Gasteiger partial charge is 0.0545 e. The van der Waals surface area contributed by atoms with Crippen LogP contribution >= 0.6 is 27.5 Å². The Bertz CT molecular complexity index is 940. The molecule has 0 amide bonds. The number of nitrogens with one attached hydrogen (secondary N) is 1. The van der Waals surface area contributed by atoms with Crippen LogP contribution in [0.5, 0.6) is 0 Å². The molecule has 0 atom stereocenters. The number of aromatic amines is 1. The molecule has 0 aliphatic carbocycles. The van der Waals surface area contributed by atoms with Crippen molar-refractivity contribution >= 4 is 60.1 Å². The van der Waals surface area contributed by atoms with Gasteiger partial charge in [0.15, 0.2) is 0 Å². The number of H-pyrrole nitrogens is 1. The Hall–Kier alpha value is -1.51. The molecule has 0 fully saturated rings. The Morgan fingerprint density at radius 2 is 1.68 bits per heavy atom. The van der Waals surface area contributed by atoms with Crippen LogP contribution in [-0.4, -0.2) is 4.98 Å². The molecule has 1 nitrogen and oxygen atoms in total. The second-order valence-corrected chi connectivity index (χ2v) is 5.88. The lowest BCUT2D eigenvalue weighted by Gasteiger charge is -2.02. The molecular weight excluding hydrogens is 322 g/mol. The SMILES string of the molecule is Clc1cccc2[nH]c3c4ccccc4c(Br)cc3c12. The van der Waals surface area contributed by atoms with E-state index in [1.165, 1.54) is 10.8 Å². The van der Waals surface area contributed by atoms with Crippen LogP contribution in [0.25, 0.3) is 32.6 Å². The zero-order valence-electron chi connectivity index (χ0n) is 9.87. The molecule has 0 unspecified atom stereocenters. The van der Waals surface area contributed by atoms with Crippen molar-refractivity contribution < 1.29 is 0 Å². The summed E-state index contributed by atoms with van der Waals surface area (Å²) in [5.41, 5.74) is 2.22. The number of rotatable bonds is 0. The van der Waals surface area contributed by atoms with E-state index < -0.39 is 0 Å². The quantitative estimate of drug-likeness (QED) is 0.414. The number of benzene rings is 3. The van der Waals surface area contributed by atoms with Crippen molar-refractivity contribution in [3.8, 4) is 0 Å². The average molecular weight is 331 g/mol. The van der Waals surface area contributed by atoms with Crippen LogP contribution in [-0.2, 0) is 0 Å². The van der Waals surface area contributed by atoms with Gasteiger partial charge in [-0.1, -0.05) is 57.9 Å². The highest BCUT2D eigenvalue weighted by Crippen LogP contribution is 2.38. The fourth-order valence-corrected chi connectivity index (χ4v) is 3.55. The van der Waals surface area contributed by atoms with E-state index in [0.29, 0.717) is 0 Å². The Morgan fingerprint density at radius 3 is 2.53 bits per heavy atom. The van der Waals surface area contributed by atoms with Crippen LogP contribution in [0.4, 0.5) is 0 Å². The van der Waals surface area contributed by atoms with Crippen LogP contribution in [0, 0.1) is 0 Å². The zero-order chi connectivity index (χ0) is 13.0. The topological polar surface area (TPSA) is 15.8 Å². The van der Waals surface area contributed by atoms with Crippen LogP contribution in [0.15, 0.2) is 53.0 Å². The molecular formula is C16H9BrClN. The Labute approximate surface area is 123 Å². The molecule has 0 spiro atoms. The minimum absolute atomic E-state index is 0.783. The molecule has 3 heteroatoms. The number of fused-ring (bicyclic) bond motifs is 5. The highest BCUT2D eigenvalue weighted by molar-refractivity contribution is 9.10. The molecule has 3 aromatic carbocycles. The van der Waals surface area contributed by atoms with Crippen molar-refractivity contribution in [2.45, 2.75) is 0 Å². The van der Waals surface area contributed by atoms with E-state index in [-0.39, 0.29) is 0 Å². The number of hydrogen-bond acceptors (Lipinski definition) is 0. The Balaban J connectivity index is 2.37. The van der Waals surface area contributed by atoms with Gasteiger partial charge in [-0.25, -0.2) is 0 Å². The molecule has 4 aromatic rings. The molecule has 4 rings (SSSR count). The summed E-state index contributed by atoms with van der Waals surface area (Å²) in [6.45, 7) is 0. The second kappa shape index (κ2) is 3.99. The van der Waals surface area contributed by atoms with Crippen molar-refractivity contribution in [3.05, 3.63) is 58.0 Å². The molecule has 0 aliphatic rings. The summed E-state index contributed by atoms with van der Waals surface area (Å²) in [6.07, 6.45) is 0. The van der Waals surface area contributed by atoms with Gasteiger partial charge in [0.2, 0.25) is 0 Å². The van der Waals surface area contributed by atoms with E-state index in [2.05, 4.69) is 57.3 Å². The maximum Gasteiger partial charge on any atom is 0.0545 e. The molecule has 0 saturated heterocycles. The van der Waals surface area contributed by atoms with Gasteiger partial charge < -0.3 is 4.98 Å². The molecule has 0 aliphatic heterocycles. The normalized spacial score (nSPS) is 11.7. The predicted molar refractivity (Wildman–Crippen MR) is 86.0 cm³/mol. The van der Waals surface area contributed by atoms with E-state index in [0.717, 1.165) is 31.3 Å². The summed E-state index contributed by atoms with van der Waals surface area (Å²) in [7, 11) is 0. The summed E-state index contributed by atoms with van der Waals surface area (Å²) < 4.78 is 1.09. The third-order valence-corrected chi connectivity index (χ3v) is 4.51. The standard InChI is InChI=1S/C16H9BrClN/c17-12-8-11-15-13(18)6-3-7-14(15)19-16(11)10-5-2-1-4-9(10)12/h1-8,19H. The summed E-state index contributed by atoms with van der Waals surface area (Å²) >= 11 is 10.0. The Kier molecular flexibility index (Phi) is 2.38. The van der Waals surface area contributed by atoms with E-state index >= 15 is 0 Å². The highest BCUT2D eigenvalue weighted by atomic mass is 79.9. The third-order valence-electron chi connectivity index (χ3n) is 3.54. The molecule has 0 radical (unpaired) electrons. The molecule has 0 bridgehead atoms. The number of halogens is 2. The van der Waals surface area contributed by atoms with Crippen LogP contribution in [0.1, 0.15) is 0 Å². The first kappa shape index (κ1) is 11.3. The highest BCUT2D eigenvalue weighted by Gasteiger charge is 2.11. The first-order chi connectivity index (χ1) is 9.25. The minimum atomic E-state index is 0.783. The van der Waals surface area contributed by atoms with Crippen LogP contribution < -0.4 is 0 Å². The largest absolute Gasteiger partial charge is 0.354 e. The van der Waals surface area contributed by atoms with Gasteiger partial charge in [-0.05, 0) is 23.6 Å². The molecule has 92 valence electrons. The molecule has 1 aromatic heterocycles. The first-order valence-corrected chi connectivity index (χ1v) is 7.20. The van der Waals surface area contributed by atoms with E-state index in [4.69, 9.17) is 11.6 Å². The van der Waals surface area contributed by atoms with Crippen LogP contribution in [0.2, 0.25) is 5.02 Å². The van der Waals surface area contributed by atoms with E-state index in [1.807, 2.05) is 12.1 Å². The number of aromatic nitrogens is 1. The predicted octanol–water partition coefficient (Wildman–Crippen LogP) is 5.89. The maximum atomic E-state index is 6.35. The zero-order valence-corrected chi connectivity index (χ0v) is 12.2. The lowest BCUT2D eigenvalue weighted by molar-refractivity contribution is 1.56. The van der Waals surface area contributed by atoms with Crippen molar-refractivity contribution in [3.63, 3.8) is 0 Å².